The second kappa shape index (κ2) is 12.3. The van der Waals surface area contributed by atoms with Gasteiger partial charge in [0.2, 0.25) is 0 Å². The molecule has 2 heterocycles. The first kappa shape index (κ1) is 36.3. The third-order valence-electron chi connectivity index (χ3n) is 9.58. The van der Waals surface area contributed by atoms with Gasteiger partial charge >= 0.3 is 11.9 Å². The minimum Gasteiger partial charge on any atom is -0.453 e. The zero-order chi connectivity index (χ0) is 29.9. The third kappa shape index (κ3) is 5.81. The highest BCUT2D eigenvalue weighted by Gasteiger charge is 2.76. The van der Waals surface area contributed by atoms with Crippen molar-refractivity contribution in [2.24, 2.45) is 10.8 Å². The zero-order valence-electron chi connectivity index (χ0n) is 25.7. The average Bonchev–Trinajstić information content (AvgIpc) is 2.84. The fourth-order valence-electron chi connectivity index (χ4n) is 7.55. The second-order valence-electron chi connectivity index (χ2n) is 13.3. The van der Waals surface area contributed by atoms with Gasteiger partial charge in [-0.15, -0.1) is 19.0 Å². The van der Waals surface area contributed by atoms with E-state index in [4.69, 9.17) is 18.9 Å². The number of Topliss-reactive ketones (excluding diaryl/α,β-unsaturated/α-hetero) is 1. The maximum atomic E-state index is 13.9. The van der Waals surface area contributed by atoms with E-state index in [0.29, 0.717) is 31.5 Å². The number of halogens is 1. The number of carbonyl (C=O) groups excluding carboxylic acids is 3. The number of morpholine rings is 1. The average molecular weight is 618 g/mol. The molecule has 2 saturated heterocycles. The predicted molar refractivity (Wildman–Crippen MR) is 156 cm³/mol. The second-order valence-corrected chi connectivity index (χ2v) is 13.3. The van der Waals surface area contributed by atoms with Crippen LogP contribution in [-0.2, 0) is 33.3 Å². The summed E-state index contributed by atoms with van der Waals surface area (Å²) in [5.41, 5.74) is -6.38. The van der Waals surface area contributed by atoms with Gasteiger partial charge in [0.1, 0.15) is 5.60 Å². The van der Waals surface area contributed by atoms with Crippen LogP contribution in [0.5, 0.6) is 0 Å². The highest BCUT2D eigenvalue weighted by atomic mass is 35.5. The van der Waals surface area contributed by atoms with E-state index in [-0.39, 0.29) is 43.1 Å². The summed E-state index contributed by atoms with van der Waals surface area (Å²) in [7, 11) is 0. The van der Waals surface area contributed by atoms with Crippen molar-refractivity contribution in [2.75, 3.05) is 26.2 Å². The minimum absolute atomic E-state index is 0. The monoisotopic (exact) mass is 617 g/mol. The first-order chi connectivity index (χ1) is 18.4. The van der Waals surface area contributed by atoms with Crippen LogP contribution >= 0.6 is 12.4 Å². The Bertz CT molecular complexity index is 1100. The van der Waals surface area contributed by atoms with Crippen LogP contribution in [0.4, 0.5) is 0 Å². The van der Waals surface area contributed by atoms with E-state index in [0.717, 1.165) is 0 Å². The molecule has 4 rings (SSSR count). The van der Waals surface area contributed by atoms with Crippen molar-refractivity contribution in [3.05, 3.63) is 24.3 Å². The Hall–Kier alpha value is -1.86. The van der Waals surface area contributed by atoms with Gasteiger partial charge in [0, 0.05) is 19.5 Å². The van der Waals surface area contributed by atoms with Gasteiger partial charge in [-0.1, -0.05) is 25.5 Å². The number of aliphatic hydroxyl groups excluding tert-OH is 1. The Balaban J connectivity index is 0.00000308. The fraction of sp³-hybridized carbons (Fsp3) is 0.767. The van der Waals surface area contributed by atoms with Crippen LogP contribution < -0.4 is 0 Å². The molecule has 11 nitrogen and oxygen atoms in total. The van der Waals surface area contributed by atoms with Crippen molar-refractivity contribution < 1.29 is 49.0 Å². The number of ether oxygens (including phenoxy) is 4. The summed E-state index contributed by atoms with van der Waals surface area (Å²) in [6.45, 7) is 17.0. The first-order valence-corrected chi connectivity index (χ1v) is 14.1. The molecule has 0 bridgehead atoms. The molecule has 2 unspecified atom stereocenters. The standard InChI is InChI=1S/C30H45NO9.ClH.H2O/c1-9-27(6)13-22(33)30(36)28(7)20(26(4,5)11-10-21(28)32)12-23(29(30,8)40-27)39-25(35)17-37-24(34)16-31-14-18(2)38-19(3)15-31;;/h9,12,18-19,21,23,32,36H,1,10-11,13-17H2,2-8H3;1H;1H2/t18?,19?,21-,23-,27-,28+,29+,30-;;/m0../s1. The number of fused-ring (bicyclic) bond motifs is 3. The van der Waals surface area contributed by atoms with E-state index in [1.165, 1.54) is 13.0 Å². The van der Waals surface area contributed by atoms with Crippen molar-refractivity contribution >= 4 is 30.1 Å². The van der Waals surface area contributed by atoms with E-state index in [9.17, 15) is 24.6 Å². The zero-order valence-corrected chi connectivity index (χ0v) is 26.5. The topological polar surface area (TPSA) is 163 Å². The number of nitrogens with zero attached hydrogens (tertiary/aromatic N) is 1. The summed E-state index contributed by atoms with van der Waals surface area (Å²) < 4.78 is 23.2. The summed E-state index contributed by atoms with van der Waals surface area (Å²) in [5, 5.41) is 23.7. The van der Waals surface area contributed by atoms with Crippen LogP contribution in [0.2, 0.25) is 0 Å². The Morgan fingerprint density at radius 2 is 1.74 bits per heavy atom. The lowest BCUT2D eigenvalue weighted by atomic mass is 9.44. The molecule has 0 aromatic heterocycles. The van der Waals surface area contributed by atoms with Crippen LogP contribution in [-0.4, -0.2) is 106 Å². The smallest absolute Gasteiger partial charge is 0.344 e. The third-order valence-corrected chi connectivity index (χ3v) is 9.58. The van der Waals surface area contributed by atoms with E-state index >= 15 is 0 Å². The lowest BCUT2D eigenvalue weighted by Gasteiger charge is -2.66. The largest absolute Gasteiger partial charge is 0.453 e. The molecule has 42 heavy (non-hydrogen) atoms. The van der Waals surface area contributed by atoms with E-state index in [2.05, 4.69) is 6.58 Å². The summed E-state index contributed by atoms with van der Waals surface area (Å²) in [5.74, 6) is -1.94. The molecular weight excluding hydrogens is 570 g/mol. The van der Waals surface area contributed by atoms with Gasteiger partial charge in [-0.25, -0.2) is 4.79 Å². The fourth-order valence-corrected chi connectivity index (χ4v) is 7.55. The molecule has 0 spiro atoms. The molecule has 2 aliphatic carbocycles. The molecule has 240 valence electrons. The number of esters is 2. The van der Waals surface area contributed by atoms with Crippen molar-refractivity contribution in [1.82, 2.24) is 4.90 Å². The summed E-state index contributed by atoms with van der Waals surface area (Å²) >= 11 is 0. The number of carbonyl (C=O) groups is 3. The van der Waals surface area contributed by atoms with Crippen molar-refractivity contribution in [3.8, 4) is 0 Å². The van der Waals surface area contributed by atoms with Crippen LogP contribution in [0.3, 0.4) is 0 Å². The van der Waals surface area contributed by atoms with Crippen LogP contribution in [0.1, 0.15) is 67.7 Å². The van der Waals surface area contributed by atoms with Gasteiger partial charge in [0.15, 0.2) is 24.1 Å². The van der Waals surface area contributed by atoms with Crippen molar-refractivity contribution in [3.63, 3.8) is 0 Å². The molecule has 0 aromatic rings. The molecule has 4 aliphatic rings. The molecule has 0 aromatic carbocycles. The highest BCUT2D eigenvalue weighted by Crippen LogP contribution is 2.64. The highest BCUT2D eigenvalue weighted by molar-refractivity contribution is 5.93. The number of hydrogen-bond donors (Lipinski definition) is 2. The van der Waals surface area contributed by atoms with Gasteiger partial charge < -0.3 is 34.6 Å². The lowest BCUT2D eigenvalue weighted by molar-refractivity contribution is -0.305. The maximum absolute atomic E-state index is 13.9. The minimum atomic E-state index is -2.21. The summed E-state index contributed by atoms with van der Waals surface area (Å²) in [6.07, 6.45) is 1.75. The van der Waals surface area contributed by atoms with Gasteiger partial charge in [-0.2, -0.15) is 0 Å². The molecule has 8 atom stereocenters. The van der Waals surface area contributed by atoms with E-state index in [1.54, 1.807) is 19.9 Å². The van der Waals surface area contributed by atoms with Crippen molar-refractivity contribution in [1.29, 1.82) is 0 Å². The maximum Gasteiger partial charge on any atom is 0.344 e. The van der Waals surface area contributed by atoms with Crippen LogP contribution in [0, 0.1) is 10.8 Å². The number of rotatable bonds is 6. The predicted octanol–water partition coefficient (Wildman–Crippen LogP) is 1.70. The van der Waals surface area contributed by atoms with Crippen LogP contribution in [0.25, 0.3) is 0 Å². The Morgan fingerprint density at radius 1 is 1.14 bits per heavy atom. The van der Waals surface area contributed by atoms with Gasteiger partial charge in [-0.05, 0) is 59.0 Å². The molecular formula is C30H48ClNO10. The Labute approximate surface area is 254 Å². The van der Waals surface area contributed by atoms with Gasteiger partial charge in [0.25, 0.3) is 0 Å². The number of ketones is 1. The van der Waals surface area contributed by atoms with E-state index < -0.39 is 64.2 Å². The van der Waals surface area contributed by atoms with Gasteiger partial charge in [-0.3, -0.25) is 14.5 Å². The molecule has 2 aliphatic heterocycles. The lowest BCUT2D eigenvalue weighted by Crippen LogP contribution is -2.81. The Morgan fingerprint density at radius 3 is 2.31 bits per heavy atom. The van der Waals surface area contributed by atoms with Crippen LogP contribution in [0.15, 0.2) is 24.3 Å². The quantitative estimate of drug-likeness (QED) is 0.331. The molecule has 0 radical (unpaired) electrons. The number of aliphatic hydroxyl groups is 2. The molecule has 3 fully saturated rings. The molecule has 12 heteroatoms. The van der Waals surface area contributed by atoms with Crippen molar-refractivity contribution in [2.45, 2.75) is 109 Å². The van der Waals surface area contributed by atoms with Gasteiger partial charge in [0.05, 0.1) is 35.9 Å². The molecule has 1 saturated carbocycles. The molecule has 4 N–H and O–H groups in total. The normalized spacial score (nSPS) is 41.1. The summed E-state index contributed by atoms with van der Waals surface area (Å²) in [6, 6.07) is 0. The number of hydrogen-bond acceptors (Lipinski definition) is 10. The van der Waals surface area contributed by atoms with E-state index in [1.807, 2.05) is 32.6 Å². The first-order valence-electron chi connectivity index (χ1n) is 14.1. The summed E-state index contributed by atoms with van der Waals surface area (Å²) in [4.78, 5) is 41.4. The Kier molecular flexibility index (Phi) is 10.6. The molecule has 0 amide bonds. The SMILES string of the molecule is C=C[C@@]1(C)CC(=O)[C@@]2(O)[C@](C)(O1)[C@@H](OC(=O)COC(=O)CN1CC(C)OC(C)C1)C=C1C(C)(C)CC[C@H](O)[C@@]12C.Cl.O.